The minimum atomic E-state index is -1.11. The van der Waals surface area contributed by atoms with Crippen LogP contribution < -0.4 is 30.2 Å². The number of hydrogen-bond donors (Lipinski definition) is 1. The zero-order chi connectivity index (χ0) is 29.6. The Morgan fingerprint density at radius 1 is 0.881 bits per heavy atom. The highest BCUT2D eigenvalue weighted by atomic mass is 16.7. The van der Waals surface area contributed by atoms with E-state index in [-0.39, 0.29) is 18.3 Å². The Balaban J connectivity index is 1.62. The Kier molecular flexibility index (Phi) is 8.76. The van der Waals surface area contributed by atoms with Crippen molar-refractivity contribution in [1.82, 2.24) is 5.32 Å². The van der Waals surface area contributed by atoms with Gasteiger partial charge in [0.05, 0.1) is 0 Å². The number of amides is 2. The molecule has 0 radical (unpaired) electrons. The topological polar surface area (TPSA) is 101 Å². The van der Waals surface area contributed by atoms with Crippen molar-refractivity contribution in [2.75, 3.05) is 36.2 Å². The number of anilines is 2. The van der Waals surface area contributed by atoms with Crippen LogP contribution in [0.1, 0.15) is 55.6 Å². The molecular weight excluding hydrogens is 534 g/mol. The number of hydrogen-bond acceptors (Lipinski definition) is 7. The number of para-hydroxylation sites is 1. The molecule has 9 heteroatoms. The summed E-state index contributed by atoms with van der Waals surface area (Å²) in [5.41, 5.74) is 1.32. The van der Waals surface area contributed by atoms with Crippen molar-refractivity contribution in [3.63, 3.8) is 0 Å². The molecule has 0 fully saturated rings. The zero-order valence-corrected chi connectivity index (χ0v) is 24.1. The molecule has 42 heavy (non-hydrogen) atoms. The molecule has 0 saturated carbocycles. The summed E-state index contributed by atoms with van der Waals surface area (Å²) in [6, 6.07) is 20.0. The Hall–Kier alpha value is -4.79. The third-order valence-electron chi connectivity index (χ3n) is 7.38. The second-order valence-corrected chi connectivity index (χ2v) is 10.0. The van der Waals surface area contributed by atoms with Gasteiger partial charge in [-0.05, 0) is 68.3 Å². The van der Waals surface area contributed by atoms with Crippen molar-refractivity contribution in [2.45, 2.75) is 39.7 Å². The summed E-state index contributed by atoms with van der Waals surface area (Å²) in [6.45, 7) is 8.26. The highest BCUT2D eigenvalue weighted by Gasteiger charge is 2.35. The zero-order valence-electron chi connectivity index (χ0n) is 24.1. The van der Waals surface area contributed by atoms with Gasteiger partial charge in [0, 0.05) is 42.5 Å². The van der Waals surface area contributed by atoms with Gasteiger partial charge in [0.1, 0.15) is 17.2 Å². The van der Waals surface area contributed by atoms with Crippen LogP contribution in [0, 0.1) is 0 Å². The maximum atomic E-state index is 14.4. The van der Waals surface area contributed by atoms with Crippen molar-refractivity contribution in [1.29, 1.82) is 0 Å². The minimum absolute atomic E-state index is 0.0710. The van der Waals surface area contributed by atoms with E-state index in [1.807, 2.05) is 31.2 Å². The van der Waals surface area contributed by atoms with Crippen molar-refractivity contribution in [3.8, 4) is 11.5 Å². The standard InChI is InChI=1S/C33H35N3O6/c1-4-7-17-34-31(37)30(23-14-16-27-29(19-23)41-21-40-27)36(24-11-9-8-10-12-24)32(38)26-18-22-13-15-25(35(5-2)6-3)20-28(22)42-33(26)39/h8-16,18-20,30H,4-7,17,21H2,1-3H3,(H,34,37). The number of rotatable bonds is 11. The first-order valence-electron chi connectivity index (χ1n) is 14.3. The fraction of sp³-hybridized carbons (Fsp3) is 0.303. The monoisotopic (exact) mass is 569 g/mol. The van der Waals surface area contributed by atoms with Gasteiger partial charge in [0.2, 0.25) is 12.7 Å². The van der Waals surface area contributed by atoms with Crippen LogP contribution in [0.4, 0.5) is 11.4 Å². The molecule has 0 saturated heterocycles. The Labute approximate surface area is 244 Å². The second kappa shape index (κ2) is 12.8. The van der Waals surface area contributed by atoms with Gasteiger partial charge >= 0.3 is 5.63 Å². The Morgan fingerprint density at radius 2 is 1.64 bits per heavy atom. The summed E-state index contributed by atoms with van der Waals surface area (Å²) in [4.78, 5) is 45.1. The van der Waals surface area contributed by atoms with Crippen molar-refractivity contribution in [3.05, 3.63) is 94.3 Å². The predicted molar refractivity (Wildman–Crippen MR) is 163 cm³/mol. The molecule has 5 rings (SSSR count). The number of fused-ring (bicyclic) bond motifs is 2. The third-order valence-corrected chi connectivity index (χ3v) is 7.38. The van der Waals surface area contributed by atoms with E-state index in [1.54, 1.807) is 42.5 Å². The first-order chi connectivity index (χ1) is 20.4. The number of ether oxygens (including phenoxy) is 2. The van der Waals surface area contributed by atoms with Crippen LogP contribution in [-0.4, -0.2) is 38.2 Å². The molecule has 9 nitrogen and oxygen atoms in total. The molecule has 0 bridgehead atoms. The van der Waals surface area contributed by atoms with E-state index in [9.17, 15) is 14.4 Å². The molecule has 218 valence electrons. The number of nitrogens with one attached hydrogen (secondary N) is 1. The van der Waals surface area contributed by atoms with E-state index in [2.05, 4.69) is 24.1 Å². The lowest BCUT2D eigenvalue weighted by Crippen LogP contribution is -2.45. The highest BCUT2D eigenvalue weighted by molar-refractivity contribution is 6.11. The van der Waals surface area contributed by atoms with E-state index in [0.717, 1.165) is 31.6 Å². The fourth-order valence-electron chi connectivity index (χ4n) is 5.12. The Morgan fingerprint density at radius 3 is 2.38 bits per heavy atom. The van der Waals surface area contributed by atoms with Crippen LogP contribution in [0.2, 0.25) is 0 Å². The maximum absolute atomic E-state index is 14.4. The van der Waals surface area contributed by atoms with Gasteiger partial charge in [-0.2, -0.15) is 0 Å². The number of carbonyl (C=O) groups is 2. The van der Waals surface area contributed by atoms with Gasteiger partial charge < -0.3 is 24.1 Å². The first kappa shape index (κ1) is 28.7. The van der Waals surface area contributed by atoms with E-state index >= 15 is 0 Å². The smallest absolute Gasteiger partial charge is 0.349 e. The minimum Gasteiger partial charge on any atom is -0.454 e. The SMILES string of the molecule is CCCCNC(=O)C(c1ccc2c(c1)OCO2)N(C(=O)c1cc2ccc(N(CC)CC)cc2oc1=O)c1ccccc1. The lowest BCUT2D eigenvalue weighted by molar-refractivity contribution is -0.122. The van der Waals surface area contributed by atoms with E-state index in [1.165, 1.54) is 11.0 Å². The molecule has 0 aliphatic carbocycles. The van der Waals surface area contributed by atoms with Gasteiger partial charge in [0.25, 0.3) is 5.91 Å². The van der Waals surface area contributed by atoms with Gasteiger partial charge in [-0.1, -0.05) is 37.6 Å². The van der Waals surface area contributed by atoms with Crippen LogP contribution >= 0.6 is 0 Å². The van der Waals surface area contributed by atoms with Crippen LogP contribution in [0.3, 0.4) is 0 Å². The summed E-state index contributed by atoms with van der Waals surface area (Å²) in [5.74, 6) is 0.000755. The van der Waals surface area contributed by atoms with E-state index in [0.29, 0.717) is 40.3 Å². The highest BCUT2D eigenvalue weighted by Crippen LogP contribution is 2.37. The van der Waals surface area contributed by atoms with Crippen LogP contribution in [0.5, 0.6) is 11.5 Å². The molecule has 1 aromatic heterocycles. The molecule has 3 aromatic carbocycles. The van der Waals surface area contributed by atoms with E-state index < -0.39 is 17.6 Å². The molecule has 0 spiro atoms. The molecular formula is C33H35N3O6. The predicted octanol–water partition coefficient (Wildman–Crippen LogP) is 5.67. The summed E-state index contributed by atoms with van der Waals surface area (Å²) < 4.78 is 16.8. The number of carbonyl (C=O) groups excluding carboxylic acids is 2. The summed E-state index contributed by atoms with van der Waals surface area (Å²) in [5, 5.41) is 3.57. The molecule has 2 amide bonds. The second-order valence-electron chi connectivity index (χ2n) is 10.0. The summed E-state index contributed by atoms with van der Waals surface area (Å²) >= 11 is 0. The largest absolute Gasteiger partial charge is 0.454 e. The number of benzene rings is 3. The van der Waals surface area contributed by atoms with Crippen LogP contribution in [0.25, 0.3) is 11.0 Å². The molecule has 1 atom stereocenters. The third kappa shape index (κ3) is 5.81. The lowest BCUT2D eigenvalue weighted by Gasteiger charge is -2.31. The normalized spacial score (nSPS) is 12.6. The molecule has 1 aliphatic rings. The Bertz CT molecular complexity index is 1630. The number of unbranched alkanes of at least 4 members (excludes halogenated alkanes) is 1. The van der Waals surface area contributed by atoms with Crippen LogP contribution in [-0.2, 0) is 4.79 Å². The van der Waals surface area contributed by atoms with Gasteiger partial charge in [0.15, 0.2) is 11.5 Å². The molecule has 2 heterocycles. The fourth-order valence-corrected chi connectivity index (χ4v) is 5.12. The molecule has 1 unspecified atom stereocenters. The van der Waals surface area contributed by atoms with Gasteiger partial charge in [-0.15, -0.1) is 0 Å². The maximum Gasteiger partial charge on any atom is 0.349 e. The van der Waals surface area contributed by atoms with Crippen molar-refractivity contribution < 1.29 is 23.5 Å². The molecule has 4 aromatic rings. The molecule has 1 N–H and O–H groups in total. The lowest BCUT2D eigenvalue weighted by atomic mass is 10.0. The molecule has 1 aliphatic heterocycles. The quantitative estimate of drug-likeness (QED) is 0.183. The summed E-state index contributed by atoms with van der Waals surface area (Å²) in [6.07, 6.45) is 1.67. The van der Waals surface area contributed by atoms with Crippen molar-refractivity contribution in [2.24, 2.45) is 0 Å². The van der Waals surface area contributed by atoms with Gasteiger partial charge in [-0.3, -0.25) is 14.5 Å². The van der Waals surface area contributed by atoms with E-state index in [4.69, 9.17) is 13.9 Å². The number of nitrogens with zero attached hydrogens (tertiary/aromatic N) is 2. The van der Waals surface area contributed by atoms with Crippen LogP contribution in [0.15, 0.2) is 82.0 Å². The average Bonchev–Trinajstić information content (AvgIpc) is 3.48. The van der Waals surface area contributed by atoms with Crippen molar-refractivity contribution >= 4 is 34.2 Å². The average molecular weight is 570 g/mol. The first-order valence-corrected chi connectivity index (χ1v) is 14.3. The summed E-state index contributed by atoms with van der Waals surface area (Å²) in [7, 11) is 0. The van der Waals surface area contributed by atoms with Gasteiger partial charge in [-0.25, -0.2) is 4.79 Å².